The number of amidine groups is 1. The van der Waals surface area contributed by atoms with Gasteiger partial charge >= 0.3 is 0 Å². The van der Waals surface area contributed by atoms with Gasteiger partial charge in [0.1, 0.15) is 5.82 Å². The van der Waals surface area contributed by atoms with Crippen molar-refractivity contribution in [1.29, 1.82) is 0 Å². The maximum Gasteiger partial charge on any atom is 0.260 e. The quantitative estimate of drug-likeness (QED) is 0.352. The maximum absolute atomic E-state index is 13.7. The molecule has 2 aromatic carbocycles. The number of amides is 1. The van der Waals surface area contributed by atoms with E-state index in [1.807, 2.05) is 0 Å². The number of benzene rings is 2. The number of rotatable bonds is 3. The van der Waals surface area contributed by atoms with E-state index >= 15 is 0 Å². The van der Waals surface area contributed by atoms with Gasteiger partial charge < -0.3 is 16.3 Å². The third kappa shape index (κ3) is 3.11. The fourth-order valence-corrected chi connectivity index (χ4v) is 2.02. The van der Waals surface area contributed by atoms with E-state index in [1.165, 1.54) is 12.1 Å². The molecular formula is C14H11ClFN3O2. The van der Waals surface area contributed by atoms with Crippen molar-refractivity contribution in [2.75, 3.05) is 5.32 Å². The first-order valence-corrected chi connectivity index (χ1v) is 6.24. The Labute approximate surface area is 124 Å². The molecule has 0 bridgehead atoms. The lowest BCUT2D eigenvalue weighted by atomic mass is 10.1. The molecule has 7 heteroatoms. The molecule has 0 unspecified atom stereocenters. The molecule has 0 aromatic heterocycles. The van der Waals surface area contributed by atoms with E-state index in [9.17, 15) is 9.18 Å². The van der Waals surface area contributed by atoms with E-state index in [0.717, 1.165) is 6.07 Å². The summed E-state index contributed by atoms with van der Waals surface area (Å²) in [4.78, 5) is 12.1. The Morgan fingerprint density at radius 1 is 1.24 bits per heavy atom. The summed E-state index contributed by atoms with van der Waals surface area (Å²) in [7, 11) is 0. The van der Waals surface area contributed by atoms with Crippen LogP contribution in [-0.4, -0.2) is 17.0 Å². The molecule has 0 aliphatic rings. The van der Waals surface area contributed by atoms with Crippen LogP contribution in [0.4, 0.5) is 10.1 Å². The van der Waals surface area contributed by atoms with Crippen molar-refractivity contribution >= 4 is 29.0 Å². The van der Waals surface area contributed by atoms with Crippen LogP contribution in [0, 0.1) is 5.82 Å². The highest BCUT2D eigenvalue weighted by molar-refractivity contribution is 6.34. The number of nitrogens with two attached hydrogens (primary N) is 1. The lowest BCUT2D eigenvalue weighted by Gasteiger charge is -2.11. The number of carbonyl (C=O) groups excluding carboxylic acids is 1. The average molecular weight is 308 g/mol. The SMILES string of the molecule is N/C(=N/O)c1ccccc1NC(=O)c1c(F)cccc1Cl. The van der Waals surface area contributed by atoms with E-state index < -0.39 is 11.7 Å². The summed E-state index contributed by atoms with van der Waals surface area (Å²) in [5, 5.41) is 14.1. The van der Waals surface area contributed by atoms with Crippen LogP contribution < -0.4 is 11.1 Å². The predicted octanol–water partition coefficient (Wildman–Crippen LogP) is 2.83. The minimum Gasteiger partial charge on any atom is -0.409 e. The fourth-order valence-electron chi connectivity index (χ4n) is 1.77. The zero-order valence-corrected chi connectivity index (χ0v) is 11.4. The van der Waals surface area contributed by atoms with Crippen LogP contribution in [0.2, 0.25) is 5.02 Å². The van der Waals surface area contributed by atoms with Gasteiger partial charge in [0.2, 0.25) is 0 Å². The minimum atomic E-state index is -0.735. The molecule has 5 nitrogen and oxygen atoms in total. The smallest absolute Gasteiger partial charge is 0.260 e. The first-order valence-electron chi connectivity index (χ1n) is 5.87. The second kappa shape index (κ2) is 6.23. The Kier molecular flexibility index (Phi) is 4.39. The topological polar surface area (TPSA) is 87.7 Å². The summed E-state index contributed by atoms with van der Waals surface area (Å²) in [6, 6.07) is 10.3. The summed E-state index contributed by atoms with van der Waals surface area (Å²) < 4.78 is 13.7. The van der Waals surface area contributed by atoms with Gasteiger partial charge in [0.05, 0.1) is 16.3 Å². The molecule has 1 amide bonds. The summed E-state index contributed by atoms with van der Waals surface area (Å²) in [6.07, 6.45) is 0. The fraction of sp³-hybridized carbons (Fsp3) is 0. The average Bonchev–Trinajstić information content (AvgIpc) is 2.47. The van der Waals surface area contributed by atoms with E-state index in [0.29, 0.717) is 5.56 Å². The van der Waals surface area contributed by atoms with Gasteiger partial charge in [0.15, 0.2) is 5.84 Å². The van der Waals surface area contributed by atoms with Crippen molar-refractivity contribution < 1.29 is 14.4 Å². The Balaban J connectivity index is 2.37. The van der Waals surface area contributed by atoms with Crippen molar-refractivity contribution in [3.63, 3.8) is 0 Å². The molecule has 0 spiro atoms. The second-order valence-corrected chi connectivity index (χ2v) is 4.49. The number of nitrogens with zero attached hydrogens (tertiary/aromatic N) is 1. The lowest BCUT2D eigenvalue weighted by Crippen LogP contribution is -2.20. The lowest BCUT2D eigenvalue weighted by molar-refractivity contribution is 0.102. The van der Waals surface area contributed by atoms with Crippen molar-refractivity contribution in [1.82, 2.24) is 0 Å². The number of anilines is 1. The molecule has 0 atom stereocenters. The van der Waals surface area contributed by atoms with Crippen LogP contribution in [0.15, 0.2) is 47.6 Å². The summed E-state index contributed by atoms with van der Waals surface area (Å²) in [5.74, 6) is -1.64. The molecule has 0 saturated carbocycles. The first kappa shape index (κ1) is 14.8. The predicted molar refractivity (Wildman–Crippen MR) is 78.3 cm³/mol. The zero-order valence-electron chi connectivity index (χ0n) is 10.7. The molecule has 2 rings (SSSR count). The number of carbonyl (C=O) groups is 1. The third-order valence-electron chi connectivity index (χ3n) is 2.75. The van der Waals surface area contributed by atoms with Gasteiger partial charge in [-0.25, -0.2) is 4.39 Å². The van der Waals surface area contributed by atoms with Crippen molar-refractivity contribution in [2.24, 2.45) is 10.9 Å². The zero-order chi connectivity index (χ0) is 15.4. The Hall–Kier alpha value is -2.60. The van der Waals surface area contributed by atoms with Crippen molar-refractivity contribution in [2.45, 2.75) is 0 Å². The molecule has 21 heavy (non-hydrogen) atoms. The number of hydrogen-bond acceptors (Lipinski definition) is 3. The number of hydrogen-bond donors (Lipinski definition) is 3. The summed E-state index contributed by atoms with van der Waals surface area (Å²) in [6.45, 7) is 0. The van der Waals surface area contributed by atoms with Crippen LogP contribution in [-0.2, 0) is 0 Å². The Morgan fingerprint density at radius 3 is 2.62 bits per heavy atom. The molecule has 0 aliphatic heterocycles. The van der Waals surface area contributed by atoms with Gasteiger partial charge in [-0.3, -0.25) is 4.79 Å². The Bertz CT molecular complexity index is 699. The molecular weight excluding hydrogens is 297 g/mol. The highest BCUT2D eigenvalue weighted by Crippen LogP contribution is 2.22. The van der Waals surface area contributed by atoms with Gasteiger partial charge in [-0.05, 0) is 24.3 Å². The molecule has 0 aliphatic carbocycles. The highest BCUT2D eigenvalue weighted by atomic mass is 35.5. The van der Waals surface area contributed by atoms with E-state index in [1.54, 1.807) is 24.3 Å². The van der Waals surface area contributed by atoms with Crippen molar-refractivity contribution in [3.05, 3.63) is 64.4 Å². The van der Waals surface area contributed by atoms with E-state index in [4.69, 9.17) is 22.5 Å². The number of para-hydroxylation sites is 1. The van der Waals surface area contributed by atoms with Gasteiger partial charge in [0, 0.05) is 5.56 Å². The largest absolute Gasteiger partial charge is 0.409 e. The second-order valence-electron chi connectivity index (χ2n) is 4.08. The molecule has 2 aromatic rings. The molecule has 0 radical (unpaired) electrons. The standard InChI is InChI=1S/C14H11ClFN3O2/c15-9-5-3-6-10(16)12(9)14(20)18-11-7-2-1-4-8(11)13(17)19-21/h1-7,21H,(H2,17,19)(H,18,20). The van der Waals surface area contributed by atoms with E-state index in [2.05, 4.69) is 10.5 Å². The van der Waals surface area contributed by atoms with Gasteiger partial charge in [-0.1, -0.05) is 35.0 Å². The van der Waals surface area contributed by atoms with Crippen LogP contribution in [0.1, 0.15) is 15.9 Å². The molecule has 0 fully saturated rings. The van der Waals surface area contributed by atoms with Gasteiger partial charge in [-0.2, -0.15) is 0 Å². The van der Waals surface area contributed by atoms with Crippen LogP contribution >= 0.6 is 11.6 Å². The normalized spacial score (nSPS) is 11.2. The third-order valence-corrected chi connectivity index (χ3v) is 3.06. The molecule has 4 N–H and O–H groups in total. The van der Waals surface area contributed by atoms with Crippen LogP contribution in [0.3, 0.4) is 0 Å². The van der Waals surface area contributed by atoms with Crippen molar-refractivity contribution in [3.8, 4) is 0 Å². The molecule has 0 saturated heterocycles. The summed E-state index contributed by atoms with van der Waals surface area (Å²) in [5.41, 5.74) is 5.83. The van der Waals surface area contributed by atoms with Crippen LogP contribution in [0.5, 0.6) is 0 Å². The van der Waals surface area contributed by atoms with Gasteiger partial charge in [0.25, 0.3) is 5.91 Å². The Morgan fingerprint density at radius 2 is 1.95 bits per heavy atom. The van der Waals surface area contributed by atoms with Gasteiger partial charge in [-0.15, -0.1) is 0 Å². The monoisotopic (exact) mass is 307 g/mol. The molecule has 0 heterocycles. The van der Waals surface area contributed by atoms with E-state index in [-0.39, 0.29) is 22.1 Å². The van der Waals surface area contributed by atoms with Crippen LogP contribution in [0.25, 0.3) is 0 Å². The minimum absolute atomic E-state index is 0.00576. The number of oxime groups is 1. The number of nitrogens with one attached hydrogen (secondary N) is 1. The maximum atomic E-state index is 13.7. The number of halogens is 2. The first-order chi connectivity index (χ1) is 10.0. The molecule has 108 valence electrons. The summed E-state index contributed by atoms with van der Waals surface area (Å²) >= 11 is 5.83. The highest BCUT2D eigenvalue weighted by Gasteiger charge is 2.17.